The van der Waals surface area contributed by atoms with E-state index in [4.69, 9.17) is 4.74 Å². The zero-order chi connectivity index (χ0) is 11.5. The van der Waals surface area contributed by atoms with Gasteiger partial charge in [-0.3, -0.25) is 4.98 Å². The average molecular weight is 221 g/mol. The molecule has 0 radical (unpaired) electrons. The van der Waals surface area contributed by atoms with E-state index in [1.807, 2.05) is 13.8 Å². The van der Waals surface area contributed by atoms with Gasteiger partial charge >= 0.3 is 0 Å². The van der Waals surface area contributed by atoms with Crippen LogP contribution in [0.25, 0.3) is 0 Å². The molecule has 1 fully saturated rings. The fourth-order valence-electron chi connectivity index (χ4n) is 1.95. The van der Waals surface area contributed by atoms with E-state index >= 15 is 0 Å². The van der Waals surface area contributed by atoms with Gasteiger partial charge in [0.1, 0.15) is 5.82 Å². The molecule has 2 atom stereocenters. The summed E-state index contributed by atoms with van der Waals surface area (Å²) in [6, 6.07) is 0.386. The lowest BCUT2D eigenvalue weighted by atomic mass is 10.0. The second-order valence-electron chi connectivity index (χ2n) is 4.50. The highest BCUT2D eigenvalue weighted by Gasteiger charge is 2.22. The standard InChI is InChI=1S/C12H19N3O/c1-8-6-13-10(3)12(14-8)15-9(2)11-4-5-16-7-11/h6,9,11H,4-5,7H2,1-3H3,(H,14,15). The molecule has 1 saturated heterocycles. The predicted molar refractivity (Wildman–Crippen MR) is 63.5 cm³/mol. The summed E-state index contributed by atoms with van der Waals surface area (Å²) < 4.78 is 5.39. The molecule has 0 saturated carbocycles. The minimum Gasteiger partial charge on any atom is -0.381 e. The number of nitrogens with zero attached hydrogens (tertiary/aromatic N) is 2. The normalized spacial score (nSPS) is 22.1. The number of aromatic nitrogens is 2. The minimum absolute atomic E-state index is 0.386. The van der Waals surface area contributed by atoms with Crippen molar-refractivity contribution in [3.8, 4) is 0 Å². The van der Waals surface area contributed by atoms with Gasteiger partial charge in [-0.05, 0) is 27.2 Å². The SMILES string of the molecule is Cc1cnc(C)c(NC(C)C2CCOC2)n1. The topological polar surface area (TPSA) is 47.0 Å². The smallest absolute Gasteiger partial charge is 0.147 e. The molecular formula is C12H19N3O. The Labute approximate surface area is 96.4 Å². The summed E-state index contributed by atoms with van der Waals surface area (Å²) >= 11 is 0. The Hall–Kier alpha value is -1.16. The number of nitrogens with one attached hydrogen (secondary N) is 1. The number of hydrogen-bond donors (Lipinski definition) is 1. The third-order valence-corrected chi connectivity index (χ3v) is 3.11. The summed E-state index contributed by atoms with van der Waals surface area (Å²) in [6.45, 7) is 7.86. The summed E-state index contributed by atoms with van der Waals surface area (Å²) in [5.41, 5.74) is 1.90. The highest BCUT2D eigenvalue weighted by Crippen LogP contribution is 2.20. The molecule has 0 spiro atoms. The van der Waals surface area contributed by atoms with Crippen LogP contribution in [-0.2, 0) is 4.74 Å². The van der Waals surface area contributed by atoms with Crippen LogP contribution in [0.2, 0.25) is 0 Å². The molecule has 1 aromatic rings. The Kier molecular flexibility index (Phi) is 3.39. The summed E-state index contributed by atoms with van der Waals surface area (Å²) in [4.78, 5) is 8.77. The van der Waals surface area contributed by atoms with Gasteiger partial charge in [-0.15, -0.1) is 0 Å². The Bertz CT molecular complexity index is 361. The second kappa shape index (κ2) is 4.78. The fraction of sp³-hybridized carbons (Fsp3) is 0.667. The molecule has 2 rings (SSSR count). The molecule has 2 unspecified atom stereocenters. The maximum atomic E-state index is 5.39. The molecule has 1 aliphatic rings. The van der Waals surface area contributed by atoms with Crippen molar-refractivity contribution in [2.24, 2.45) is 5.92 Å². The van der Waals surface area contributed by atoms with Crippen LogP contribution in [0.5, 0.6) is 0 Å². The van der Waals surface area contributed by atoms with E-state index in [2.05, 4.69) is 22.2 Å². The summed E-state index contributed by atoms with van der Waals surface area (Å²) in [7, 11) is 0. The Morgan fingerprint density at radius 2 is 2.31 bits per heavy atom. The second-order valence-corrected chi connectivity index (χ2v) is 4.50. The third-order valence-electron chi connectivity index (χ3n) is 3.11. The number of aryl methyl sites for hydroxylation is 2. The lowest BCUT2D eigenvalue weighted by Gasteiger charge is -2.20. The van der Waals surface area contributed by atoms with Crippen LogP contribution in [-0.4, -0.2) is 29.2 Å². The van der Waals surface area contributed by atoms with Gasteiger partial charge in [0, 0.05) is 24.8 Å². The van der Waals surface area contributed by atoms with Crippen LogP contribution in [0, 0.1) is 19.8 Å². The summed E-state index contributed by atoms with van der Waals surface area (Å²) in [5, 5.41) is 3.44. The van der Waals surface area contributed by atoms with E-state index in [-0.39, 0.29) is 0 Å². The molecule has 0 amide bonds. The zero-order valence-corrected chi connectivity index (χ0v) is 10.2. The quantitative estimate of drug-likeness (QED) is 0.847. The van der Waals surface area contributed by atoms with Gasteiger partial charge in [0.2, 0.25) is 0 Å². The van der Waals surface area contributed by atoms with Crippen LogP contribution in [0.3, 0.4) is 0 Å². The van der Waals surface area contributed by atoms with Crippen LogP contribution in [0.4, 0.5) is 5.82 Å². The first-order chi connectivity index (χ1) is 7.66. The highest BCUT2D eigenvalue weighted by atomic mass is 16.5. The first-order valence-electron chi connectivity index (χ1n) is 5.81. The van der Waals surface area contributed by atoms with Crippen molar-refractivity contribution in [3.05, 3.63) is 17.6 Å². The van der Waals surface area contributed by atoms with Gasteiger partial charge in [-0.25, -0.2) is 4.98 Å². The van der Waals surface area contributed by atoms with E-state index < -0.39 is 0 Å². The number of anilines is 1. The number of rotatable bonds is 3. The maximum absolute atomic E-state index is 5.39. The van der Waals surface area contributed by atoms with Crippen molar-refractivity contribution in [1.82, 2.24) is 9.97 Å². The summed E-state index contributed by atoms with van der Waals surface area (Å²) in [5.74, 6) is 1.49. The van der Waals surface area contributed by atoms with E-state index in [0.717, 1.165) is 36.8 Å². The van der Waals surface area contributed by atoms with Gasteiger partial charge in [0.25, 0.3) is 0 Å². The van der Waals surface area contributed by atoms with E-state index in [9.17, 15) is 0 Å². The molecule has 16 heavy (non-hydrogen) atoms. The lowest BCUT2D eigenvalue weighted by molar-refractivity contribution is 0.183. The van der Waals surface area contributed by atoms with E-state index in [1.165, 1.54) is 0 Å². The molecule has 1 aliphatic heterocycles. The number of ether oxygens (including phenoxy) is 1. The molecule has 1 aromatic heterocycles. The van der Waals surface area contributed by atoms with Gasteiger partial charge in [0.05, 0.1) is 18.0 Å². The largest absolute Gasteiger partial charge is 0.381 e. The van der Waals surface area contributed by atoms with Crippen LogP contribution in [0.1, 0.15) is 24.7 Å². The maximum Gasteiger partial charge on any atom is 0.147 e. The molecule has 0 bridgehead atoms. The first-order valence-corrected chi connectivity index (χ1v) is 5.81. The lowest BCUT2D eigenvalue weighted by Crippen LogP contribution is -2.27. The highest BCUT2D eigenvalue weighted by molar-refractivity contribution is 5.40. The molecule has 2 heterocycles. The number of hydrogen-bond acceptors (Lipinski definition) is 4. The molecular weight excluding hydrogens is 202 g/mol. The van der Waals surface area contributed by atoms with E-state index in [0.29, 0.717) is 12.0 Å². The Morgan fingerprint density at radius 1 is 1.50 bits per heavy atom. The van der Waals surface area contributed by atoms with E-state index in [1.54, 1.807) is 6.20 Å². The fourth-order valence-corrected chi connectivity index (χ4v) is 1.95. The van der Waals surface area contributed by atoms with Crippen molar-refractivity contribution in [3.63, 3.8) is 0 Å². The van der Waals surface area contributed by atoms with Crippen molar-refractivity contribution in [1.29, 1.82) is 0 Å². The van der Waals surface area contributed by atoms with Crippen LogP contribution in [0.15, 0.2) is 6.20 Å². The summed E-state index contributed by atoms with van der Waals surface area (Å²) in [6.07, 6.45) is 2.93. The molecule has 4 heteroatoms. The molecule has 0 aliphatic carbocycles. The minimum atomic E-state index is 0.386. The van der Waals surface area contributed by atoms with Crippen LogP contribution >= 0.6 is 0 Å². The van der Waals surface area contributed by atoms with Gasteiger partial charge < -0.3 is 10.1 Å². The van der Waals surface area contributed by atoms with Crippen molar-refractivity contribution >= 4 is 5.82 Å². The van der Waals surface area contributed by atoms with Gasteiger partial charge in [-0.2, -0.15) is 0 Å². The molecule has 1 N–H and O–H groups in total. The van der Waals surface area contributed by atoms with Crippen molar-refractivity contribution in [2.75, 3.05) is 18.5 Å². The van der Waals surface area contributed by atoms with Crippen molar-refractivity contribution in [2.45, 2.75) is 33.2 Å². The molecule has 88 valence electrons. The van der Waals surface area contributed by atoms with Crippen LogP contribution < -0.4 is 5.32 Å². The van der Waals surface area contributed by atoms with Crippen molar-refractivity contribution < 1.29 is 4.74 Å². The Morgan fingerprint density at radius 3 is 3.00 bits per heavy atom. The Balaban J connectivity index is 2.04. The average Bonchev–Trinajstić information content (AvgIpc) is 2.76. The predicted octanol–water partition coefficient (Wildman–Crippen LogP) is 1.93. The monoisotopic (exact) mass is 221 g/mol. The molecule has 0 aromatic carbocycles. The first kappa shape index (κ1) is 11.3. The molecule has 4 nitrogen and oxygen atoms in total. The van der Waals surface area contributed by atoms with Gasteiger partial charge in [-0.1, -0.05) is 0 Å². The zero-order valence-electron chi connectivity index (χ0n) is 10.2. The third kappa shape index (κ3) is 2.50. The van der Waals surface area contributed by atoms with Gasteiger partial charge in [0.15, 0.2) is 0 Å².